The molecule has 2 rings (SSSR count). The predicted molar refractivity (Wildman–Crippen MR) is 434 cm³/mol. The molecule has 0 aromatic carbocycles. The van der Waals surface area contributed by atoms with Crippen LogP contribution >= 0.6 is 0 Å². The molecular formula is C90H169NO13. The Bertz CT molecular complexity index is 1930. The van der Waals surface area contributed by atoms with Crippen LogP contribution in [0.1, 0.15) is 425 Å². The molecule has 0 aliphatic carbocycles. The van der Waals surface area contributed by atoms with Crippen LogP contribution in [0, 0.1) is 0 Å². The SMILES string of the molecule is CC/C=C\C/C=C\C/C=C\C/C=C\CCCCCCCCCCCCCCCCCCCCCCCCCCCCCCC(=O)NC(COC1OC(CO)C(OC2OC(CO)C(O)C(O)C2O)C(O)C1O)C(O)CCCCCCCCCCCCCCCCCCCCCCCCCCCCCCC. The summed E-state index contributed by atoms with van der Waals surface area (Å²) in [4.78, 5) is 13.4. The van der Waals surface area contributed by atoms with E-state index in [4.69, 9.17) is 18.9 Å². The fourth-order valence-corrected chi connectivity index (χ4v) is 15.1. The monoisotopic (exact) mass is 1470 g/mol. The molecule has 2 fully saturated rings. The molecule has 2 heterocycles. The highest BCUT2D eigenvalue weighted by molar-refractivity contribution is 5.76. The first-order valence-corrected chi connectivity index (χ1v) is 44.9. The Hall–Kier alpha value is -2.05. The Morgan fingerprint density at radius 1 is 0.356 bits per heavy atom. The van der Waals surface area contributed by atoms with Gasteiger partial charge in [-0.15, -0.1) is 0 Å². The lowest BCUT2D eigenvalue weighted by molar-refractivity contribution is -0.359. The third kappa shape index (κ3) is 55.4. The van der Waals surface area contributed by atoms with Crippen LogP contribution in [0.5, 0.6) is 0 Å². The number of nitrogens with one attached hydrogen (secondary N) is 1. The van der Waals surface area contributed by atoms with Crippen LogP contribution < -0.4 is 5.32 Å². The number of aliphatic hydroxyl groups excluding tert-OH is 8. The molecule has 12 atom stereocenters. The van der Waals surface area contributed by atoms with E-state index in [1.54, 1.807) is 0 Å². The number of unbranched alkanes of at least 4 members (excludes halogenated alkanes) is 56. The molecule has 0 aromatic heterocycles. The normalized spacial score (nSPS) is 21.6. The zero-order valence-electron chi connectivity index (χ0n) is 67.5. The summed E-state index contributed by atoms with van der Waals surface area (Å²) in [7, 11) is 0. The maximum absolute atomic E-state index is 13.4. The van der Waals surface area contributed by atoms with Crippen LogP contribution in [0.2, 0.25) is 0 Å². The van der Waals surface area contributed by atoms with Crippen molar-refractivity contribution in [1.82, 2.24) is 5.32 Å². The van der Waals surface area contributed by atoms with Gasteiger partial charge in [-0.2, -0.15) is 0 Å². The third-order valence-corrected chi connectivity index (χ3v) is 22.1. The number of hydrogen-bond acceptors (Lipinski definition) is 13. The number of allylic oxidation sites excluding steroid dienone is 8. The van der Waals surface area contributed by atoms with Crippen molar-refractivity contribution in [3.05, 3.63) is 48.6 Å². The molecule has 1 amide bonds. The lowest BCUT2D eigenvalue weighted by Crippen LogP contribution is -2.65. The Kier molecular flexibility index (Phi) is 69.5. The summed E-state index contributed by atoms with van der Waals surface area (Å²) in [6, 6.07) is -0.829. The molecule has 612 valence electrons. The molecule has 9 N–H and O–H groups in total. The van der Waals surface area contributed by atoms with Crippen molar-refractivity contribution in [1.29, 1.82) is 0 Å². The highest BCUT2D eigenvalue weighted by atomic mass is 16.7. The number of hydrogen-bond donors (Lipinski definition) is 9. The first kappa shape index (κ1) is 98.0. The Labute approximate surface area is 639 Å². The van der Waals surface area contributed by atoms with Gasteiger partial charge in [0.15, 0.2) is 12.6 Å². The molecular weight excluding hydrogens is 1300 g/mol. The largest absolute Gasteiger partial charge is 0.394 e. The van der Waals surface area contributed by atoms with Gasteiger partial charge in [0.05, 0.1) is 32.0 Å². The summed E-state index contributed by atoms with van der Waals surface area (Å²) in [5, 5.41) is 88.0. The van der Waals surface area contributed by atoms with E-state index in [-0.39, 0.29) is 12.5 Å². The molecule has 2 saturated heterocycles. The molecule has 0 bridgehead atoms. The number of rotatable bonds is 77. The van der Waals surface area contributed by atoms with Gasteiger partial charge in [-0.1, -0.05) is 416 Å². The van der Waals surface area contributed by atoms with Crippen molar-refractivity contribution in [3.8, 4) is 0 Å². The first-order valence-electron chi connectivity index (χ1n) is 44.9. The highest BCUT2D eigenvalue weighted by Crippen LogP contribution is 2.31. The number of amides is 1. The van der Waals surface area contributed by atoms with Crippen molar-refractivity contribution >= 4 is 5.91 Å². The third-order valence-electron chi connectivity index (χ3n) is 22.1. The fourth-order valence-electron chi connectivity index (χ4n) is 15.1. The molecule has 14 nitrogen and oxygen atoms in total. The van der Waals surface area contributed by atoms with E-state index >= 15 is 0 Å². The minimum absolute atomic E-state index is 0.196. The van der Waals surface area contributed by atoms with Crippen molar-refractivity contribution < 1.29 is 64.6 Å². The molecule has 104 heavy (non-hydrogen) atoms. The lowest BCUT2D eigenvalue weighted by atomic mass is 9.97. The summed E-state index contributed by atoms with van der Waals surface area (Å²) < 4.78 is 23.0. The lowest BCUT2D eigenvalue weighted by Gasteiger charge is -2.46. The van der Waals surface area contributed by atoms with E-state index < -0.39 is 86.8 Å². The Morgan fingerprint density at radius 3 is 1.02 bits per heavy atom. The van der Waals surface area contributed by atoms with Gasteiger partial charge in [0, 0.05) is 6.42 Å². The predicted octanol–water partition coefficient (Wildman–Crippen LogP) is 21.7. The summed E-state index contributed by atoms with van der Waals surface area (Å²) in [5.74, 6) is -0.196. The molecule has 0 radical (unpaired) electrons. The van der Waals surface area contributed by atoms with E-state index in [2.05, 4.69) is 67.8 Å². The van der Waals surface area contributed by atoms with Crippen LogP contribution in [0.15, 0.2) is 48.6 Å². The number of aliphatic hydroxyl groups is 8. The van der Waals surface area contributed by atoms with Crippen LogP contribution in [-0.2, 0) is 23.7 Å². The minimum atomic E-state index is -1.78. The highest BCUT2D eigenvalue weighted by Gasteiger charge is 2.51. The Balaban J connectivity index is 1.54. The topological polar surface area (TPSA) is 228 Å². The summed E-state index contributed by atoms with van der Waals surface area (Å²) >= 11 is 0. The van der Waals surface area contributed by atoms with Crippen LogP contribution in [0.3, 0.4) is 0 Å². The molecule has 0 saturated carbocycles. The van der Waals surface area contributed by atoms with E-state index in [0.717, 1.165) is 77.0 Å². The van der Waals surface area contributed by atoms with Gasteiger partial charge in [0.1, 0.15) is 48.8 Å². The molecule has 0 aromatic rings. The maximum Gasteiger partial charge on any atom is 0.220 e. The van der Waals surface area contributed by atoms with Gasteiger partial charge in [-0.3, -0.25) is 4.79 Å². The molecule has 0 spiro atoms. The van der Waals surface area contributed by atoms with Crippen molar-refractivity contribution in [2.24, 2.45) is 0 Å². The molecule has 14 heteroatoms. The van der Waals surface area contributed by atoms with E-state index in [1.807, 2.05) is 0 Å². The fraction of sp³-hybridized carbons (Fsp3) is 0.900. The quantitative estimate of drug-likeness (QED) is 0.0204. The van der Waals surface area contributed by atoms with Crippen LogP contribution in [0.4, 0.5) is 0 Å². The van der Waals surface area contributed by atoms with Gasteiger partial charge < -0.3 is 65.1 Å². The van der Waals surface area contributed by atoms with Gasteiger partial charge in [-0.05, 0) is 51.4 Å². The molecule has 2 aliphatic rings. The number of carbonyl (C=O) groups is 1. The van der Waals surface area contributed by atoms with E-state index in [0.29, 0.717) is 12.8 Å². The average molecular weight is 1470 g/mol. The number of ether oxygens (including phenoxy) is 4. The first-order chi connectivity index (χ1) is 51.1. The van der Waals surface area contributed by atoms with Gasteiger partial charge >= 0.3 is 0 Å². The van der Waals surface area contributed by atoms with Gasteiger partial charge in [0.25, 0.3) is 0 Å². The summed E-state index contributed by atoms with van der Waals surface area (Å²) in [5.41, 5.74) is 0. The van der Waals surface area contributed by atoms with Gasteiger partial charge in [-0.25, -0.2) is 0 Å². The molecule has 12 unspecified atom stereocenters. The maximum atomic E-state index is 13.4. The van der Waals surface area contributed by atoms with Crippen molar-refractivity contribution in [2.45, 2.75) is 498 Å². The van der Waals surface area contributed by atoms with Crippen LogP contribution in [0.25, 0.3) is 0 Å². The second kappa shape index (κ2) is 73.7. The van der Waals surface area contributed by atoms with Crippen LogP contribution in [-0.4, -0.2) is 140 Å². The van der Waals surface area contributed by atoms with Gasteiger partial charge in [0.2, 0.25) is 5.91 Å². The molecule has 2 aliphatic heterocycles. The van der Waals surface area contributed by atoms with Crippen molar-refractivity contribution in [3.63, 3.8) is 0 Å². The average Bonchev–Trinajstić information content (AvgIpc) is 0.789. The summed E-state index contributed by atoms with van der Waals surface area (Å²) in [6.45, 7) is 2.83. The number of carbonyl (C=O) groups excluding carboxylic acids is 1. The standard InChI is InChI=1S/C90H169NO13/c1-3-5-7-9-11-13-15-17-19-21-23-25-27-29-31-33-34-35-36-37-38-39-40-41-42-43-44-46-48-50-52-54-56-58-60-62-64-66-68-70-72-74-82(95)91-78(77-101-89-87(100)85(98)88(81(76-93)103-89)104-90-86(99)84(97)83(96)80(75-92)102-90)79(94)73-71-69-67-65-63-61-59-57-55-53-51-49-47-45-32-30-28-26-24-22-20-18-16-14-12-10-8-6-4-2/h5,7,11,13,17,19,23,25,78-81,83-90,92-94,96-100H,3-4,6,8-10,12,14-16,18,20-22,24,26-77H2,1-2H3,(H,91,95)/b7-5-,13-11-,19-17-,25-23-. The minimum Gasteiger partial charge on any atom is -0.394 e. The van der Waals surface area contributed by atoms with E-state index in [1.165, 1.54) is 321 Å². The van der Waals surface area contributed by atoms with E-state index in [9.17, 15) is 45.6 Å². The Morgan fingerprint density at radius 2 is 0.663 bits per heavy atom. The smallest absolute Gasteiger partial charge is 0.220 e. The zero-order chi connectivity index (χ0) is 75.1. The second-order valence-corrected chi connectivity index (χ2v) is 31.7. The van der Waals surface area contributed by atoms with Crippen molar-refractivity contribution in [2.75, 3.05) is 19.8 Å². The summed E-state index contributed by atoms with van der Waals surface area (Å²) in [6.07, 6.45) is 83.3. The second-order valence-electron chi connectivity index (χ2n) is 31.7. The zero-order valence-corrected chi connectivity index (χ0v) is 67.5.